The second kappa shape index (κ2) is 13.2. The average Bonchev–Trinajstić information content (AvgIpc) is 2.94. The van der Waals surface area contributed by atoms with Gasteiger partial charge in [0.25, 0.3) is 0 Å². The molecular weight excluding hydrogens is 530 g/mol. The van der Waals surface area contributed by atoms with Crippen LogP contribution in [0, 0.1) is 0 Å². The second-order valence-corrected chi connectivity index (χ2v) is 29.3. The van der Waals surface area contributed by atoms with Crippen molar-refractivity contribution in [2.75, 3.05) is 0 Å². The third-order valence-electron chi connectivity index (χ3n) is 7.83. The molecule has 0 aliphatic heterocycles. The average molecular weight is 570 g/mol. The number of benzene rings is 4. The molecule has 34 heavy (non-hydrogen) atoms. The molecule has 0 bridgehead atoms. The van der Waals surface area contributed by atoms with E-state index in [1.807, 2.05) is 0 Å². The zero-order valence-corrected chi connectivity index (χ0v) is 25.6. The maximum absolute atomic E-state index is 2.99. The van der Waals surface area contributed by atoms with E-state index in [1.54, 1.807) is 0 Å². The molecule has 0 atom stereocenters. The Hall–Kier alpha value is -2.03. The van der Waals surface area contributed by atoms with Crippen molar-refractivity contribution in [3.63, 3.8) is 0 Å². The molecule has 0 nitrogen and oxygen atoms in total. The van der Waals surface area contributed by atoms with Crippen molar-refractivity contribution in [3.05, 3.63) is 121 Å². The summed E-state index contributed by atoms with van der Waals surface area (Å²) in [7, 11) is 0. The summed E-state index contributed by atoms with van der Waals surface area (Å²) in [4.78, 5) is 0. The first kappa shape index (κ1) is 26.6. The van der Waals surface area contributed by atoms with E-state index in [2.05, 4.69) is 149 Å². The molecule has 4 aromatic carbocycles. The van der Waals surface area contributed by atoms with Crippen LogP contribution < -0.4 is 17.6 Å². The summed E-state index contributed by atoms with van der Waals surface area (Å²) in [5, 5.41) is 6.12. The van der Waals surface area contributed by atoms with Crippen molar-refractivity contribution < 1.29 is 0 Å². The van der Waals surface area contributed by atoms with E-state index < -0.39 is 26.5 Å². The zero-order chi connectivity index (χ0) is 24.3. The fraction of sp³-hybridized carbons (Fsp3) is 0.250. The first-order valence-corrected chi connectivity index (χ1v) is 23.0. The van der Waals surface area contributed by atoms with Gasteiger partial charge in [-0.05, 0) is 0 Å². The van der Waals surface area contributed by atoms with Crippen LogP contribution in [0.2, 0.25) is 21.0 Å². The molecular formula is C32H40Ge2. The van der Waals surface area contributed by atoms with Crippen molar-refractivity contribution in [1.82, 2.24) is 0 Å². The standard InChI is InChI=1S/C24H20Ge.C8H20Ge/c1-5-13-21(14-6-1)25(22-15-7-2-8-16-22,23-17-9-3-10-18-23)24-19-11-4-12-20-24;1-5-9(6-2,7-3)8-4/h1-20H;5-8H2,1-4H3. The molecule has 4 aromatic rings. The topological polar surface area (TPSA) is 0 Å². The van der Waals surface area contributed by atoms with E-state index >= 15 is 0 Å². The van der Waals surface area contributed by atoms with Crippen molar-refractivity contribution in [2.24, 2.45) is 0 Å². The summed E-state index contributed by atoms with van der Waals surface area (Å²) < 4.78 is 5.86. The summed E-state index contributed by atoms with van der Waals surface area (Å²) >= 11 is -4.16. The van der Waals surface area contributed by atoms with Gasteiger partial charge in [-0.3, -0.25) is 0 Å². The van der Waals surface area contributed by atoms with E-state index in [0.29, 0.717) is 0 Å². The van der Waals surface area contributed by atoms with Crippen LogP contribution in [0.15, 0.2) is 121 Å². The van der Waals surface area contributed by atoms with E-state index in [9.17, 15) is 0 Å². The molecule has 0 fully saturated rings. The van der Waals surface area contributed by atoms with Gasteiger partial charge in [-0.15, -0.1) is 0 Å². The fourth-order valence-electron chi connectivity index (χ4n) is 5.25. The van der Waals surface area contributed by atoms with Crippen LogP contribution in [0.1, 0.15) is 27.7 Å². The second-order valence-electron chi connectivity index (χ2n) is 9.13. The van der Waals surface area contributed by atoms with Crippen LogP contribution >= 0.6 is 0 Å². The molecule has 0 saturated carbocycles. The maximum atomic E-state index is 2.39. The van der Waals surface area contributed by atoms with E-state index in [4.69, 9.17) is 0 Å². The summed E-state index contributed by atoms with van der Waals surface area (Å²) in [6, 6.07) is 44.3. The van der Waals surface area contributed by atoms with E-state index in [0.717, 1.165) is 0 Å². The molecule has 176 valence electrons. The van der Waals surface area contributed by atoms with Gasteiger partial charge in [0, 0.05) is 0 Å². The SMILES string of the molecule is C[CH2][Ge]([CH2]C)([CH2]C)[CH2]C.c1cc[c]([Ge]([c]2ccccc2)([c]2ccccc2)[c]2ccccc2)cc1. The first-order chi connectivity index (χ1) is 16.7. The molecule has 0 heterocycles. The summed E-state index contributed by atoms with van der Waals surface area (Å²) in [5.41, 5.74) is 0. The van der Waals surface area contributed by atoms with Gasteiger partial charge in [-0.25, -0.2) is 0 Å². The Kier molecular flexibility index (Phi) is 10.3. The summed E-state index contributed by atoms with van der Waals surface area (Å²) in [6.07, 6.45) is 0. The van der Waals surface area contributed by atoms with Crippen molar-refractivity contribution in [2.45, 2.75) is 48.7 Å². The molecule has 0 aromatic heterocycles. The minimum absolute atomic E-state index is 1.17. The van der Waals surface area contributed by atoms with E-state index in [1.165, 1.54) is 38.6 Å². The molecule has 4 rings (SSSR count). The Morgan fingerprint density at radius 1 is 0.353 bits per heavy atom. The Balaban J connectivity index is 0.000000309. The molecule has 2 heteroatoms. The molecule has 0 unspecified atom stereocenters. The Morgan fingerprint density at radius 3 is 0.706 bits per heavy atom. The predicted molar refractivity (Wildman–Crippen MR) is 158 cm³/mol. The number of hydrogen-bond donors (Lipinski definition) is 0. The first-order valence-electron chi connectivity index (χ1n) is 12.9. The molecule has 0 N–H and O–H groups in total. The van der Waals surface area contributed by atoms with Gasteiger partial charge in [0.2, 0.25) is 0 Å². The van der Waals surface area contributed by atoms with Crippen LogP contribution in [0.25, 0.3) is 0 Å². The molecule has 0 amide bonds. The van der Waals surface area contributed by atoms with Crippen molar-refractivity contribution in [3.8, 4) is 0 Å². The van der Waals surface area contributed by atoms with Gasteiger partial charge in [-0.1, -0.05) is 0 Å². The third kappa shape index (κ3) is 5.78. The molecule has 0 spiro atoms. The van der Waals surface area contributed by atoms with Crippen LogP contribution in [0.5, 0.6) is 0 Å². The van der Waals surface area contributed by atoms with Gasteiger partial charge in [-0.2, -0.15) is 0 Å². The quantitative estimate of drug-likeness (QED) is 0.210. The van der Waals surface area contributed by atoms with Crippen molar-refractivity contribution >= 4 is 44.1 Å². The monoisotopic (exact) mass is 572 g/mol. The van der Waals surface area contributed by atoms with Gasteiger partial charge < -0.3 is 0 Å². The van der Waals surface area contributed by atoms with Gasteiger partial charge in [0.1, 0.15) is 0 Å². The minimum atomic E-state index is -2.99. The zero-order valence-electron chi connectivity index (χ0n) is 21.4. The normalized spacial score (nSPS) is 11.4. The van der Waals surface area contributed by atoms with Crippen LogP contribution in [0.3, 0.4) is 0 Å². The van der Waals surface area contributed by atoms with Crippen molar-refractivity contribution in [1.29, 1.82) is 0 Å². The Morgan fingerprint density at radius 2 is 0.559 bits per heavy atom. The number of rotatable bonds is 8. The van der Waals surface area contributed by atoms with E-state index in [-0.39, 0.29) is 0 Å². The van der Waals surface area contributed by atoms with Gasteiger partial charge in [0.05, 0.1) is 0 Å². The van der Waals surface area contributed by atoms with Crippen LogP contribution in [-0.4, -0.2) is 26.5 Å². The summed E-state index contributed by atoms with van der Waals surface area (Å²) in [5.74, 6) is 0. The summed E-state index contributed by atoms with van der Waals surface area (Å²) in [6.45, 7) is 9.54. The number of hydrogen-bond acceptors (Lipinski definition) is 0. The molecule has 0 saturated heterocycles. The Labute approximate surface area is 213 Å². The predicted octanol–water partition coefficient (Wildman–Crippen LogP) is 6.58. The molecule has 0 aliphatic rings. The van der Waals surface area contributed by atoms with Crippen LogP contribution in [0.4, 0.5) is 0 Å². The fourth-order valence-corrected chi connectivity index (χ4v) is 21.6. The van der Waals surface area contributed by atoms with Crippen LogP contribution in [-0.2, 0) is 0 Å². The van der Waals surface area contributed by atoms with Gasteiger partial charge in [0.15, 0.2) is 0 Å². The van der Waals surface area contributed by atoms with Gasteiger partial charge >= 0.3 is 214 Å². The molecule has 0 aliphatic carbocycles. The third-order valence-corrected chi connectivity index (χ3v) is 30.5. The molecule has 0 radical (unpaired) electrons. The Bertz CT molecular complexity index is 892.